The smallest absolute Gasteiger partial charge is 0.243 e. The summed E-state index contributed by atoms with van der Waals surface area (Å²) in [5.41, 5.74) is 6.03. The molecule has 92 valence electrons. The van der Waals surface area contributed by atoms with Gasteiger partial charge in [0.15, 0.2) is 0 Å². The van der Waals surface area contributed by atoms with Gasteiger partial charge in [-0.05, 0) is 34.1 Å². The molecule has 0 unspecified atom stereocenters. The van der Waals surface area contributed by atoms with Gasteiger partial charge in [-0.1, -0.05) is 0 Å². The van der Waals surface area contributed by atoms with Crippen molar-refractivity contribution in [3.63, 3.8) is 0 Å². The van der Waals surface area contributed by atoms with E-state index in [0.29, 0.717) is 10.2 Å². The molecule has 0 bridgehead atoms. The highest BCUT2D eigenvalue weighted by molar-refractivity contribution is 9.10. The predicted molar refractivity (Wildman–Crippen MR) is 68.6 cm³/mol. The number of benzene rings is 1. The molecule has 0 saturated carbocycles. The Bertz CT molecular complexity index is 551. The fourth-order valence-corrected chi connectivity index (χ4v) is 3.44. The lowest BCUT2D eigenvalue weighted by Gasteiger charge is -2.16. The topological polar surface area (TPSA) is 87.2 Å². The third-order valence-corrected chi connectivity index (χ3v) is 5.02. The number of sulfonamides is 1. The number of hydrogen-bond donors (Lipinski definition) is 1. The molecule has 1 aromatic carbocycles. The Balaban J connectivity index is 3.09. The largest absolute Gasteiger partial charge is 0.399 e. The summed E-state index contributed by atoms with van der Waals surface area (Å²) in [4.78, 5) is 0.145. The van der Waals surface area contributed by atoms with Crippen LogP contribution in [0.5, 0.6) is 0 Å². The van der Waals surface area contributed by atoms with Gasteiger partial charge in [-0.2, -0.15) is 9.57 Å². The molecule has 0 atom stereocenters. The molecule has 0 aliphatic rings. The van der Waals surface area contributed by atoms with E-state index in [0.717, 1.165) is 4.31 Å². The van der Waals surface area contributed by atoms with Gasteiger partial charge in [0.2, 0.25) is 10.0 Å². The highest BCUT2D eigenvalue weighted by Crippen LogP contribution is 2.26. The molecule has 0 saturated heterocycles. The van der Waals surface area contributed by atoms with Crippen LogP contribution in [0.1, 0.15) is 6.42 Å². The standard InChI is InChI=1S/C10H12BrN3O2S/c1-14(6-2-5-12)17(15,16)10-4-3-8(13)7-9(10)11/h3-4,7H,2,6,13H2,1H3. The average molecular weight is 318 g/mol. The number of nitrogens with two attached hydrogens (primary N) is 1. The van der Waals surface area contributed by atoms with E-state index in [1.54, 1.807) is 0 Å². The van der Waals surface area contributed by atoms with E-state index in [1.165, 1.54) is 25.2 Å². The molecular weight excluding hydrogens is 306 g/mol. The van der Waals surface area contributed by atoms with Crippen molar-refractivity contribution in [2.75, 3.05) is 19.3 Å². The highest BCUT2D eigenvalue weighted by Gasteiger charge is 2.22. The van der Waals surface area contributed by atoms with Gasteiger partial charge in [0.1, 0.15) is 0 Å². The van der Waals surface area contributed by atoms with E-state index in [2.05, 4.69) is 15.9 Å². The molecule has 0 spiro atoms. The summed E-state index contributed by atoms with van der Waals surface area (Å²) in [6.07, 6.45) is 0.155. The van der Waals surface area contributed by atoms with Crippen LogP contribution in [-0.4, -0.2) is 26.3 Å². The zero-order chi connectivity index (χ0) is 13.1. The maximum absolute atomic E-state index is 12.1. The first-order valence-electron chi connectivity index (χ1n) is 4.78. The Kier molecular flexibility index (Phi) is 4.51. The average Bonchev–Trinajstić information content (AvgIpc) is 2.25. The summed E-state index contributed by atoms with van der Waals surface area (Å²) < 4.78 is 25.8. The number of halogens is 1. The summed E-state index contributed by atoms with van der Waals surface area (Å²) in [6.45, 7) is 0.162. The van der Waals surface area contributed by atoms with Crippen LogP contribution < -0.4 is 5.73 Å². The van der Waals surface area contributed by atoms with E-state index in [4.69, 9.17) is 11.0 Å². The minimum atomic E-state index is -3.58. The second-order valence-electron chi connectivity index (χ2n) is 3.42. The van der Waals surface area contributed by atoms with Crippen LogP contribution in [0.3, 0.4) is 0 Å². The number of hydrogen-bond acceptors (Lipinski definition) is 4. The predicted octanol–water partition coefficient (Wildman–Crippen LogP) is 1.57. The van der Waals surface area contributed by atoms with Crippen molar-refractivity contribution in [1.82, 2.24) is 4.31 Å². The molecular formula is C10H12BrN3O2S. The van der Waals surface area contributed by atoms with E-state index in [9.17, 15) is 8.42 Å². The van der Waals surface area contributed by atoms with E-state index < -0.39 is 10.0 Å². The second kappa shape index (κ2) is 5.49. The first-order valence-corrected chi connectivity index (χ1v) is 7.01. The van der Waals surface area contributed by atoms with Crippen LogP contribution in [-0.2, 0) is 10.0 Å². The fourth-order valence-electron chi connectivity index (χ4n) is 1.22. The molecule has 0 aliphatic heterocycles. The Morgan fingerprint density at radius 1 is 1.53 bits per heavy atom. The molecule has 0 aromatic heterocycles. The molecule has 2 N–H and O–H groups in total. The number of nitrogen functional groups attached to an aromatic ring is 1. The maximum atomic E-state index is 12.1. The molecule has 1 aromatic rings. The fraction of sp³-hybridized carbons (Fsp3) is 0.300. The third-order valence-electron chi connectivity index (χ3n) is 2.18. The lowest BCUT2D eigenvalue weighted by atomic mass is 10.3. The van der Waals surface area contributed by atoms with Crippen LogP contribution in [0, 0.1) is 11.3 Å². The lowest BCUT2D eigenvalue weighted by molar-refractivity contribution is 0.476. The lowest BCUT2D eigenvalue weighted by Crippen LogP contribution is -2.28. The Labute approximate surface area is 109 Å². The molecule has 0 fully saturated rings. The molecule has 1 rings (SSSR count). The monoisotopic (exact) mass is 317 g/mol. The van der Waals surface area contributed by atoms with E-state index in [1.807, 2.05) is 6.07 Å². The molecule has 7 heteroatoms. The number of nitriles is 1. The van der Waals surface area contributed by atoms with Gasteiger partial charge in [0.05, 0.1) is 11.0 Å². The first kappa shape index (κ1) is 14.0. The first-order chi connectivity index (χ1) is 7.89. The van der Waals surface area contributed by atoms with Crippen LogP contribution >= 0.6 is 15.9 Å². The van der Waals surface area contributed by atoms with Gasteiger partial charge >= 0.3 is 0 Å². The van der Waals surface area contributed by atoms with Gasteiger partial charge in [-0.3, -0.25) is 0 Å². The molecule has 17 heavy (non-hydrogen) atoms. The molecule has 0 radical (unpaired) electrons. The minimum Gasteiger partial charge on any atom is -0.399 e. The summed E-state index contributed by atoms with van der Waals surface area (Å²) in [5, 5.41) is 8.45. The van der Waals surface area contributed by atoms with Crippen molar-refractivity contribution in [3.05, 3.63) is 22.7 Å². The Morgan fingerprint density at radius 3 is 2.71 bits per heavy atom. The van der Waals surface area contributed by atoms with E-state index >= 15 is 0 Å². The van der Waals surface area contributed by atoms with Crippen molar-refractivity contribution in [3.8, 4) is 6.07 Å². The van der Waals surface area contributed by atoms with Crippen LogP contribution in [0.4, 0.5) is 5.69 Å². The molecule has 0 aliphatic carbocycles. The van der Waals surface area contributed by atoms with Gasteiger partial charge in [0.25, 0.3) is 0 Å². The summed E-state index contributed by atoms with van der Waals surface area (Å²) >= 11 is 3.17. The zero-order valence-electron chi connectivity index (χ0n) is 9.22. The third kappa shape index (κ3) is 3.19. The highest BCUT2D eigenvalue weighted by atomic mass is 79.9. The van der Waals surface area contributed by atoms with Crippen LogP contribution in [0.2, 0.25) is 0 Å². The van der Waals surface area contributed by atoms with Crippen LogP contribution in [0.15, 0.2) is 27.6 Å². The maximum Gasteiger partial charge on any atom is 0.243 e. The Hall–Kier alpha value is -1.10. The van der Waals surface area contributed by atoms with Crippen molar-refractivity contribution < 1.29 is 8.42 Å². The minimum absolute atomic E-state index is 0.145. The number of nitrogens with zero attached hydrogens (tertiary/aromatic N) is 2. The molecule has 0 amide bonds. The van der Waals surface area contributed by atoms with Crippen LogP contribution in [0.25, 0.3) is 0 Å². The SMILES string of the molecule is CN(CCC#N)S(=O)(=O)c1ccc(N)cc1Br. The van der Waals surface area contributed by atoms with Gasteiger partial charge in [-0.25, -0.2) is 8.42 Å². The summed E-state index contributed by atoms with van der Waals surface area (Å²) in [7, 11) is -2.14. The Morgan fingerprint density at radius 2 is 2.18 bits per heavy atom. The summed E-state index contributed by atoms with van der Waals surface area (Å²) in [6, 6.07) is 6.41. The number of anilines is 1. The van der Waals surface area contributed by atoms with Crippen molar-refractivity contribution in [1.29, 1.82) is 5.26 Å². The second-order valence-corrected chi connectivity index (χ2v) is 6.29. The molecule has 5 nitrogen and oxygen atoms in total. The zero-order valence-corrected chi connectivity index (χ0v) is 11.6. The summed E-state index contributed by atoms with van der Waals surface area (Å²) in [5.74, 6) is 0. The number of rotatable bonds is 4. The van der Waals surface area contributed by atoms with Crippen molar-refractivity contribution in [2.45, 2.75) is 11.3 Å². The van der Waals surface area contributed by atoms with Crippen molar-refractivity contribution in [2.24, 2.45) is 0 Å². The molecule has 0 heterocycles. The van der Waals surface area contributed by atoms with E-state index in [-0.39, 0.29) is 17.9 Å². The van der Waals surface area contributed by atoms with Gasteiger partial charge in [0, 0.05) is 30.2 Å². The van der Waals surface area contributed by atoms with Crippen molar-refractivity contribution >= 4 is 31.6 Å². The van der Waals surface area contributed by atoms with Gasteiger partial charge in [-0.15, -0.1) is 0 Å². The van der Waals surface area contributed by atoms with Gasteiger partial charge < -0.3 is 5.73 Å². The normalized spacial score (nSPS) is 11.4. The quantitative estimate of drug-likeness (QED) is 0.854.